The lowest BCUT2D eigenvalue weighted by Crippen LogP contribution is -1.85. The van der Waals surface area contributed by atoms with Crippen LogP contribution in [0.1, 0.15) is 22.5 Å². The lowest BCUT2D eigenvalue weighted by atomic mass is 10.1. The van der Waals surface area contributed by atoms with Gasteiger partial charge in [0.25, 0.3) is 0 Å². The van der Waals surface area contributed by atoms with Crippen molar-refractivity contribution in [3.63, 3.8) is 0 Å². The third-order valence-corrected chi connectivity index (χ3v) is 4.04. The van der Waals surface area contributed by atoms with Crippen LogP contribution in [-0.4, -0.2) is 9.97 Å². The summed E-state index contributed by atoms with van der Waals surface area (Å²) in [6.45, 7) is 8.26. The van der Waals surface area contributed by atoms with E-state index in [2.05, 4.69) is 66.3 Å². The fourth-order valence-electron chi connectivity index (χ4n) is 2.86. The van der Waals surface area contributed by atoms with Crippen molar-refractivity contribution in [1.82, 2.24) is 9.97 Å². The summed E-state index contributed by atoms with van der Waals surface area (Å²) in [5, 5.41) is 2.48. The predicted octanol–water partition coefficient (Wildman–Crippen LogP) is 5.70. The van der Waals surface area contributed by atoms with Gasteiger partial charge in [-0.3, -0.25) is 9.97 Å². The molecular formula is C22H22N2. The molecule has 120 valence electrons. The van der Waals surface area contributed by atoms with Crippen LogP contribution in [0.15, 0.2) is 60.7 Å². The molecule has 0 saturated heterocycles. The molecular weight excluding hydrogens is 292 g/mol. The van der Waals surface area contributed by atoms with Gasteiger partial charge in [0.2, 0.25) is 0 Å². The zero-order chi connectivity index (χ0) is 17.1. The van der Waals surface area contributed by atoms with Gasteiger partial charge in [0.15, 0.2) is 0 Å². The fourth-order valence-corrected chi connectivity index (χ4v) is 2.86. The minimum absolute atomic E-state index is 1.08. The summed E-state index contributed by atoms with van der Waals surface area (Å²) in [6.07, 6.45) is 0. The monoisotopic (exact) mass is 314 g/mol. The van der Waals surface area contributed by atoms with Gasteiger partial charge in [-0.2, -0.15) is 0 Å². The molecule has 0 atom stereocenters. The van der Waals surface area contributed by atoms with Crippen LogP contribution in [-0.2, 0) is 0 Å². The molecule has 2 aromatic carbocycles. The summed E-state index contributed by atoms with van der Waals surface area (Å²) < 4.78 is 0. The SMILES string of the molecule is Cc1cc(C)c2ccccc2n1.Cc1ccc2nc(C)ccc2c1. The van der Waals surface area contributed by atoms with Gasteiger partial charge in [-0.15, -0.1) is 0 Å². The summed E-state index contributed by atoms with van der Waals surface area (Å²) in [5.41, 5.74) is 6.93. The number of hydrogen-bond donors (Lipinski definition) is 0. The summed E-state index contributed by atoms with van der Waals surface area (Å²) in [6, 6.07) is 20.8. The van der Waals surface area contributed by atoms with Crippen molar-refractivity contribution in [3.8, 4) is 0 Å². The molecule has 0 aliphatic carbocycles. The van der Waals surface area contributed by atoms with Crippen LogP contribution in [0.2, 0.25) is 0 Å². The largest absolute Gasteiger partial charge is 0.253 e. The first-order valence-corrected chi connectivity index (χ1v) is 8.20. The molecule has 0 N–H and O–H groups in total. The molecule has 2 heteroatoms. The van der Waals surface area contributed by atoms with Crippen molar-refractivity contribution >= 4 is 21.8 Å². The van der Waals surface area contributed by atoms with E-state index >= 15 is 0 Å². The van der Waals surface area contributed by atoms with E-state index in [1.54, 1.807) is 0 Å². The second-order valence-corrected chi connectivity index (χ2v) is 6.25. The lowest BCUT2D eigenvalue weighted by molar-refractivity contribution is 1.23. The maximum Gasteiger partial charge on any atom is 0.0707 e. The molecule has 0 unspecified atom stereocenters. The quantitative estimate of drug-likeness (QED) is 0.416. The van der Waals surface area contributed by atoms with Crippen LogP contribution in [0.3, 0.4) is 0 Å². The van der Waals surface area contributed by atoms with Crippen molar-refractivity contribution in [2.24, 2.45) is 0 Å². The van der Waals surface area contributed by atoms with Crippen LogP contribution in [0, 0.1) is 27.7 Å². The smallest absolute Gasteiger partial charge is 0.0707 e. The van der Waals surface area contributed by atoms with Gasteiger partial charge in [-0.1, -0.05) is 35.9 Å². The van der Waals surface area contributed by atoms with E-state index < -0.39 is 0 Å². The Balaban J connectivity index is 0.000000141. The molecule has 0 radical (unpaired) electrons. The molecule has 4 rings (SSSR count). The van der Waals surface area contributed by atoms with E-state index in [9.17, 15) is 0 Å². The second kappa shape index (κ2) is 6.79. The maximum absolute atomic E-state index is 4.44. The van der Waals surface area contributed by atoms with Gasteiger partial charge in [-0.25, -0.2) is 0 Å². The molecule has 0 bridgehead atoms. The minimum atomic E-state index is 1.08. The van der Waals surface area contributed by atoms with Gasteiger partial charge in [0.05, 0.1) is 11.0 Å². The molecule has 24 heavy (non-hydrogen) atoms. The first kappa shape index (κ1) is 16.1. The zero-order valence-corrected chi connectivity index (χ0v) is 14.7. The number of benzene rings is 2. The Labute approximate surface area is 143 Å². The van der Waals surface area contributed by atoms with E-state index in [-0.39, 0.29) is 0 Å². The third-order valence-electron chi connectivity index (χ3n) is 4.04. The number of nitrogens with zero attached hydrogens (tertiary/aromatic N) is 2. The highest BCUT2D eigenvalue weighted by Crippen LogP contribution is 2.16. The molecule has 2 nitrogen and oxygen atoms in total. The van der Waals surface area contributed by atoms with Crippen molar-refractivity contribution in [3.05, 3.63) is 83.2 Å². The van der Waals surface area contributed by atoms with Gasteiger partial charge >= 0.3 is 0 Å². The van der Waals surface area contributed by atoms with Crippen molar-refractivity contribution < 1.29 is 0 Å². The maximum atomic E-state index is 4.44. The number of para-hydroxylation sites is 1. The topological polar surface area (TPSA) is 25.8 Å². The van der Waals surface area contributed by atoms with Crippen LogP contribution in [0.5, 0.6) is 0 Å². The van der Waals surface area contributed by atoms with E-state index in [1.807, 2.05) is 32.0 Å². The Morgan fingerprint density at radius 3 is 2.21 bits per heavy atom. The summed E-state index contributed by atoms with van der Waals surface area (Å²) in [5.74, 6) is 0. The van der Waals surface area contributed by atoms with E-state index in [0.717, 1.165) is 22.4 Å². The average Bonchev–Trinajstić information content (AvgIpc) is 2.55. The Morgan fingerprint density at radius 1 is 0.625 bits per heavy atom. The Morgan fingerprint density at radius 2 is 1.38 bits per heavy atom. The number of fused-ring (bicyclic) bond motifs is 2. The summed E-state index contributed by atoms with van der Waals surface area (Å²) in [7, 11) is 0. The molecule has 0 aliphatic heterocycles. The Bertz CT molecular complexity index is 962. The van der Waals surface area contributed by atoms with Gasteiger partial charge in [0, 0.05) is 22.2 Å². The van der Waals surface area contributed by atoms with Crippen molar-refractivity contribution in [2.45, 2.75) is 27.7 Å². The van der Waals surface area contributed by atoms with Crippen LogP contribution < -0.4 is 0 Å². The minimum Gasteiger partial charge on any atom is -0.253 e. The number of hydrogen-bond acceptors (Lipinski definition) is 2. The molecule has 0 amide bonds. The summed E-state index contributed by atoms with van der Waals surface area (Å²) in [4.78, 5) is 8.85. The fraction of sp³-hybridized carbons (Fsp3) is 0.182. The zero-order valence-electron chi connectivity index (χ0n) is 14.7. The van der Waals surface area contributed by atoms with Crippen LogP contribution in [0.4, 0.5) is 0 Å². The van der Waals surface area contributed by atoms with Crippen molar-refractivity contribution in [1.29, 1.82) is 0 Å². The Hall–Kier alpha value is -2.74. The van der Waals surface area contributed by atoms with Crippen LogP contribution >= 0.6 is 0 Å². The molecule has 2 heterocycles. The first-order chi connectivity index (χ1) is 11.5. The molecule has 0 saturated carbocycles. The highest BCUT2D eigenvalue weighted by atomic mass is 14.7. The Kier molecular flexibility index (Phi) is 4.57. The lowest BCUT2D eigenvalue weighted by Gasteiger charge is -2.01. The predicted molar refractivity (Wildman–Crippen MR) is 102 cm³/mol. The molecule has 2 aromatic heterocycles. The molecule has 0 fully saturated rings. The van der Waals surface area contributed by atoms with Crippen molar-refractivity contribution in [2.75, 3.05) is 0 Å². The van der Waals surface area contributed by atoms with E-state index in [0.29, 0.717) is 0 Å². The van der Waals surface area contributed by atoms with Gasteiger partial charge in [-0.05, 0) is 63.6 Å². The van der Waals surface area contributed by atoms with Gasteiger partial charge < -0.3 is 0 Å². The highest BCUT2D eigenvalue weighted by Gasteiger charge is 1.97. The number of aromatic nitrogens is 2. The van der Waals surface area contributed by atoms with E-state index in [4.69, 9.17) is 0 Å². The standard InChI is InChI=1S/2C11H11N/c1-8-3-6-11-10(7-8)5-4-9(2)12-11;1-8-7-9(2)12-11-6-4-3-5-10(8)11/h2*3-7H,1-2H3. The number of rotatable bonds is 0. The summed E-state index contributed by atoms with van der Waals surface area (Å²) >= 11 is 0. The first-order valence-electron chi connectivity index (χ1n) is 8.20. The highest BCUT2D eigenvalue weighted by molar-refractivity contribution is 5.82. The number of aryl methyl sites for hydroxylation is 4. The molecule has 0 aliphatic rings. The third kappa shape index (κ3) is 3.60. The molecule has 0 spiro atoms. The van der Waals surface area contributed by atoms with Crippen LogP contribution in [0.25, 0.3) is 21.8 Å². The normalized spacial score (nSPS) is 10.5. The average molecular weight is 314 g/mol. The number of pyridine rings is 2. The molecule has 4 aromatic rings. The second-order valence-electron chi connectivity index (χ2n) is 6.25. The van der Waals surface area contributed by atoms with Gasteiger partial charge in [0.1, 0.15) is 0 Å². The van der Waals surface area contributed by atoms with E-state index in [1.165, 1.54) is 21.9 Å².